The van der Waals surface area contributed by atoms with E-state index in [1.54, 1.807) is 0 Å². The molecule has 28 heavy (non-hydrogen) atoms. The highest BCUT2D eigenvalue weighted by atomic mass is 16.5. The van der Waals surface area contributed by atoms with Gasteiger partial charge in [-0.2, -0.15) is 0 Å². The first-order valence-corrected chi connectivity index (χ1v) is 10.7. The summed E-state index contributed by atoms with van der Waals surface area (Å²) in [6.07, 6.45) is 8.26. The third-order valence-corrected chi connectivity index (χ3v) is 4.96. The lowest BCUT2D eigenvalue weighted by atomic mass is 9.99. The van der Waals surface area contributed by atoms with E-state index in [9.17, 15) is 4.79 Å². The topological polar surface area (TPSA) is 35.5 Å². The van der Waals surface area contributed by atoms with Crippen LogP contribution in [-0.4, -0.2) is 18.7 Å². The lowest BCUT2D eigenvalue weighted by Gasteiger charge is -2.14. The minimum atomic E-state index is -0.270. The zero-order valence-electron chi connectivity index (χ0n) is 17.6. The van der Waals surface area contributed by atoms with Gasteiger partial charge in [-0.1, -0.05) is 76.3 Å². The Bertz CT molecular complexity index is 706. The number of carbonyl (C=O) groups excluding carboxylic acids is 1. The molecule has 0 spiro atoms. The molecule has 3 heteroatoms. The molecule has 0 fully saturated rings. The third-order valence-electron chi connectivity index (χ3n) is 4.96. The predicted octanol–water partition coefficient (Wildman–Crippen LogP) is 7.05. The van der Waals surface area contributed by atoms with Gasteiger partial charge in [0.2, 0.25) is 0 Å². The zero-order valence-corrected chi connectivity index (χ0v) is 17.6. The molecular formula is C25H34O3. The Labute approximate surface area is 170 Å². The summed E-state index contributed by atoms with van der Waals surface area (Å²) in [6, 6.07) is 15.6. The van der Waals surface area contributed by atoms with Crippen LogP contribution in [-0.2, 0) is 4.74 Å². The number of rotatable bonds is 12. The molecule has 0 aliphatic carbocycles. The van der Waals surface area contributed by atoms with Gasteiger partial charge in [0.1, 0.15) is 5.75 Å². The van der Waals surface area contributed by atoms with Gasteiger partial charge in [-0.05, 0) is 49.1 Å². The Morgan fingerprint density at radius 3 is 2.29 bits per heavy atom. The summed E-state index contributed by atoms with van der Waals surface area (Å²) in [4.78, 5) is 12.5. The van der Waals surface area contributed by atoms with E-state index in [0.29, 0.717) is 5.56 Å². The second kappa shape index (κ2) is 12.2. The molecule has 0 aliphatic heterocycles. The van der Waals surface area contributed by atoms with Crippen molar-refractivity contribution in [3.8, 4) is 16.9 Å². The Morgan fingerprint density at radius 2 is 1.57 bits per heavy atom. The number of unbranched alkanes of at least 4 members (excludes halogenated alkanes) is 5. The van der Waals surface area contributed by atoms with Crippen LogP contribution in [0.4, 0.5) is 0 Å². The highest BCUT2D eigenvalue weighted by Gasteiger charge is 2.15. The Morgan fingerprint density at radius 1 is 0.893 bits per heavy atom. The summed E-state index contributed by atoms with van der Waals surface area (Å²) in [5.41, 5.74) is 2.48. The van der Waals surface area contributed by atoms with Crippen LogP contribution in [0.25, 0.3) is 11.1 Å². The minimum Gasteiger partial charge on any atom is -0.494 e. The predicted molar refractivity (Wildman–Crippen MR) is 116 cm³/mol. The van der Waals surface area contributed by atoms with Crippen LogP contribution < -0.4 is 4.74 Å². The molecule has 1 unspecified atom stereocenters. The highest BCUT2D eigenvalue weighted by molar-refractivity contribution is 5.97. The maximum Gasteiger partial charge on any atom is 0.339 e. The van der Waals surface area contributed by atoms with Crippen LogP contribution in [0.15, 0.2) is 48.5 Å². The lowest BCUT2D eigenvalue weighted by Crippen LogP contribution is -2.14. The molecule has 2 rings (SSSR count). The molecule has 0 amide bonds. The van der Waals surface area contributed by atoms with Gasteiger partial charge in [-0.25, -0.2) is 4.79 Å². The number of ether oxygens (including phenoxy) is 2. The summed E-state index contributed by atoms with van der Waals surface area (Å²) >= 11 is 0. The zero-order chi connectivity index (χ0) is 20.2. The van der Waals surface area contributed by atoms with E-state index in [2.05, 4.69) is 6.92 Å². The molecule has 0 bridgehead atoms. The fourth-order valence-corrected chi connectivity index (χ4v) is 3.05. The van der Waals surface area contributed by atoms with Gasteiger partial charge in [0.25, 0.3) is 0 Å². The van der Waals surface area contributed by atoms with Crippen molar-refractivity contribution in [1.29, 1.82) is 0 Å². The van der Waals surface area contributed by atoms with Gasteiger partial charge in [0, 0.05) is 0 Å². The Balaban J connectivity index is 1.93. The monoisotopic (exact) mass is 382 g/mol. The van der Waals surface area contributed by atoms with Crippen molar-refractivity contribution >= 4 is 5.97 Å². The molecule has 0 heterocycles. The largest absolute Gasteiger partial charge is 0.494 e. The van der Waals surface area contributed by atoms with E-state index >= 15 is 0 Å². The van der Waals surface area contributed by atoms with Gasteiger partial charge in [-0.15, -0.1) is 0 Å². The first kappa shape index (κ1) is 22.0. The van der Waals surface area contributed by atoms with E-state index in [1.165, 1.54) is 32.1 Å². The van der Waals surface area contributed by atoms with E-state index in [-0.39, 0.29) is 12.1 Å². The number of benzene rings is 2. The van der Waals surface area contributed by atoms with Gasteiger partial charge < -0.3 is 9.47 Å². The van der Waals surface area contributed by atoms with Crippen molar-refractivity contribution in [2.24, 2.45) is 0 Å². The fraction of sp³-hybridized carbons (Fsp3) is 0.480. The summed E-state index contributed by atoms with van der Waals surface area (Å²) in [6.45, 7) is 6.91. The molecule has 2 aromatic carbocycles. The van der Waals surface area contributed by atoms with Crippen molar-refractivity contribution in [3.63, 3.8) is 0 Å². The molecule has 0 saturated carbocycles. The number of hydrogen-bond donors (Lipinski definition) is 0. The van der Waals surface area contributed by atoms with Crippen molar-refractivity contribution < 1.29 is 14.3 Å². The molecule has 0 saturated heterocycles. The second-order valence-electron chi connectivity index (χ2n) is 7.31. The Hall–Kier alpha value is -2.29. The summed E-state index contributed by atoms with van der Waals surface area (Å²) in [5, 5.41) is 0. The van der Waals surface area contributed by atoms with E-state index in [1.807, 2.05) is 62.4 Å². The van der Waals surface area contributed by atoms with Crippen LogP contribution >= 0.6 is 0 Å². The van der Waals surface area contributed by atoms with Crippen LogP contribution in [0, 0.1) is 0 Å². The number of esters is 1. The van der Waals surface area contributed by atoms with Crippen LogP contribution in [0.1, 0.15) is 76.1 Å². The lowest BCUT2D eigenvalue weighted by molar-refractivity contribution is 0.0335. The van der Waals surface area contributed by atoms with Crippen LogP contribution in [0.5, 0.6) is 5.75 Å². The average Bonchev–Trinajstić information content (AvgIpc) is 2.73. The van der Waals surface area contributed by atoms with E-state index in [0.717, 1.165) is 36.3 Å². The van der Waals surface area contributed by atoms with Crippen molar-refractivity contribution in [2.75, 3.05) is 6.61 Å². The third kappa shape index (κ3) is 7.03. The molecule has 2 aromatic rings. The van der Waals surface area contributed by atoms with Crippen LogP contribution in [0.3, 0.4) is 0 Å². The number of carbonyl (C=O) groups is 1. The van der Waals surface area contributed by atoms with Gasteiger partial charge in [0.15, 0.2) is 0 Å². The number of hydrogen-bond acceptors (Lipinski definition) is 3. The molecule has 0 radical (unpaired) electrons. The molecular weight excluding hydrogens is 348 g/mol. The summed E-state index contributed by atoms with van der Waals surface area (Å²) < 4.78 is 11.4. The van der Waals surface area contributed by atoms with E-state index in [4.69, 9.17) is 9.47 Å². The summed E-state index contributed by atoms with van der Waals surface area (Å²) in [7, 11) is 0. The van der Waals surface area contributed by atoms with Crippen molar-refractivity contribution in [2.45, 2.75) is 71.8 Å². The fourth-order valence-electron chi connectivity index (χ4n) is 3.05. The van der Waals surface area contributed by atoms with Crippen molar-refractivity contribution in [1.82, 2.24) is 0 Å². The molecule has 1 atom stereocenters. The second-order valence-corrected chi connectivity index (χ2v) is 7.31. The summed E-state index contributed by atoms with van der Waals surface area (Å²) in [5.74, 6) is 0.602. The highest BCUT2D eigenvalue weighted by Crippen LogP contribution is 2.27. The Kier molecular flexibility index (Phi) is 9.61. The maximum absolute atomic E-state index is 12.5. The van der Waals surface area contributed by atoms with Gasteiger partial charge in [0.05, 0.1) is 18.3 Å². The van der Waals surface area contributed by atoms with E-state index < -0.39 is 0 Å². The minimum absolute atomic E-state index is 0.0849. The molecule has 0 aromatic heterocycles. The average molecular weight is 383 g/mol. The normalized spacial score (nSPS) is 11.8. The quantitative estimate of drug-likeness (QED) is 0.291. The molecule has 0 aliphatic rings. The first-order valence-electron chi connectivity index (χ1n) is 10.7. The standard InChI is InChI=1S/C25H34O3/c1-4-6-7-8-9-12-19-27-22-17-15-21(16-18-22)23-13-10-11-14-24(23)25(26)28-20(3)5-2/h10-11,13-18,20H,4-9,12,19H2,1-3H3. The van der Waals surface area contributed by atoms with Crippen LogP contribution in [0.2, 0.25) is 0 Å². The van der Waals surface area contributed by atoms with Gasteiger partial charge >= 0.3 is 5.97 Å². The molecule has 0 N–H and O–H groups in total. The maximum atomic E-state index is 12.5. The molecule has 152 valence electrons. The SMILES string of the molecule is CCCCCCCCOc1ccc(-c2ccccc2C(=O)OC(C)CC)cc1. The smallest absolute Gasteiger partial charge is 0.339 e. The first-order chi connectivity index (χ1) is 13.7. The van der Waals surface area contributed by atoms with Gasteiger partial charge in [-0.3, -0.25) is 0 Å². The molecule has 3 nitrogen and oxygen atoms in total. The van der Waals surface area contributed by atoms with Crippen molar-refractivity contribution in [3.05, 3.63) is 54.1 Å².